The van der Waals surface area contributed by atoms with Crippen LogP contribution in [0.2, 0.25) is 0 Å². The molecule has 1 unspecified atom stereocenters. The highest BCUT2D eigenvalue weighted by Gasteiger charge is 2.26. The van der Waals surface area contributed by atoms with Crippen LogP contribution in [-0.4, -0.2) is 45.2 Å². The van der Waals surface area contributed by atoms with E-state index >= 15 is 0 Å². The number of carbonyl (C=O) groups excluding carboxylic acids is 1. The van der Waals surface area contributed by atoms with Crippen molar-refractivity contribution in [2.45, 2.75) is 25.7 Å². The van der Waals surface area contributed by atoms with Gasteiger partial charge in [0, 0.05) is 31.4 Å². The van der Waals surface area contributed by atoms with Crippen LogP contribution in [-0.2, 0) is 16.0 Å². The van der Waals surface area contributed by atoms with E-state index in [4.69, 9.17) is 5.11 Å². The monoisotopic (exact) mass is 251 g/mol. The lowest BCUT2D eigenvalue weighted by Gasteiger charge is -2.15. The molecule has 1 aliphatic heterocycles. The maximum Gasteiger partial charge on any atom is 0.303 e. The topological polar surface area (TPSA) is 86.3 Å². The molecule has 0 aromatic carbocycles. The van der Waals surface area contributed by atoms with Crippen LogP contribution in [0.1, 0.15) is 25.0 Å². The van der Waals surface area contributed by atoms with Crippen molar-refractivity contribution in [3.63, 3.8) is 0 Å². The molecule has 2 heterocycles. The number of likely N-dealkylation sites (tertiary alicyclic amines) is 1. The number of carboxylic acids is 1. The van der Waals surface area contributed by atoms with Gasteiger partial charge in [0.15, 0.2) is 0 Å². The van der Waals surface area contributed by atoms with Crippen LogP contribution in [0.3, 0.4) is 0 Å². The van der Waals surface area contributed by atoms with E-state index in [9.17, 15) is 9.59 Å². The molecule has 18 heavy (non-hydrogen) atoms. The van der Waals surface area contributed by atoms with Crippen molar-refractivity contribution in [3.8, 4) is 0 Å². The summed E-state index contributed by atoms with van der Waals surface area (Å²) < 4.78 is 0. The van der Waals surface area contributed by atoms with Gasteiger partial charge in [0.2, 0.25) is 5.91 Å². The molecule has 0 aliphatic carbocycles. The van der Waals surface area contributed by atoms with Gasteiger partial charge in [-0.05, 0) is 24.8 Å². The molecule has 6 nitrogen and oxygen atoms in total. The number of nitrogens with one attached hydrogen (secondary N) is 1. The normalized spacial score (nSPS) is 19.1. The van der Waals surface area contributed by atoms with Crippen LogP contribution in [0.5, 0.6) is 0 Å². The zero-order valence-electron chi connectivity index (χ0n) is 10.1. The van der Waals surface area contributed by atoms with E-state index < -0.39 is 5.97 Å². The Kier molecular flexibility index (Phi) is 3.96. The van der Waals surface area contributed by atoms with E-state index in [1.807, 2.05) is 4.90 Å². The molecule has 1 fully saturated rings. The van der Waals surface area contributed by atoms with Gasteiger partial charge in [-0.3, -0.25) is 14.7 Å². The number of H-pyrrole nitrogens is 1. The third-order valence-corrected chi connectivity index (χ3v) is 3.31. The third-order valence-electron chi connectivity index (χ3n) is 3.31. The van der Waals surface area contributed by atoms with Crippen molar-refractivity contribution in [2.24, 2.45) is 5.92 Å². The van der Waals surface area contributed by atoms with E-state index in [1.165, 1.54) is 0 Å². The number of rotatable bonds is 5. The summed E-state index contributed by atoms with van der Waals surface area (Å²) in [6, 6.07) is 1.79. The van der Waals surface area contributed by atoms with Gasteiger partial charge in [0.05, 0.1) is 6.42 Å². The molecule has 2 N–H and O–H groups in total. The molecule has 0 radical (unpaired) electrons. The van der Waals surface area contributed by atoms with Gasteiger partial charge in [0.1, 0.15) is 0 Å². The molecule has 1 aromatic rings. The molecular formula is C12H17N3O3. The molecule has 0 spiro atoms. The molecule has 1 saturated heterocycles. The van der Waals surface area contributed by atoms with Crippen molar-refractivity contribution in [1.82, 2.24) is 15.1 Å². The van der Waals surface area contributed by atoms with E-state index in [2.05, 4.69) is 10.2 Å². The van der Waals surface area contributed by atoms with Crippen molar-refractivity contribution in [2.75, 3.05) is 13.1 Å². The summed E-state index contributed by atoms with van der Waals surface area (Å²) in [6.07, 6.45) is 3.71. The van der Waals surface area contributed by atoms with Crippen molar-refractivity contribution >= 4 is 11.9 Å². The summed E-state index contributed by atoms with van der Waals surface area (Å²) in [7, 11) is 0. The number of carbonyl (C=O) groups is 2. The lowest BCUT2D eigenvalue weighted by Crippen LogP contribution is -2.30. The highest BCUT2D eigenvalue weighted by Crippen LogP contribution is 2.21. The first kappa shape index (κ1) is 12.6. The molecule has 6 heteroatoms. The number of amides is 1. The van der Waals surface area contributed by atoms with Gasteiger partial charge in [-0.2, -0.15) is 5.10 Å². The summed E-state index contributed by atoms with van der Waals surface area (Å²) in [6.45, 7) is 1.41. The number of hydrogen-bond donors (Lipinski definition) is 2. The summed E-state index contributed by atoms with van der Waals surface area (Å²) >= 11 is 0. The Hall–Kier alpha value is -1.85. The molecule has 1 amide bonds. The Labute approximate surface area is 105 Å². The minimum Gasteiger partial charge on any atom is -0.481 e. The highest BCUT2D eigenvalue weighted by atomic mass is 16.4. The number of aromatic amines is 1. The molecule has 0 saturated carbocycles. The van der Waals surface area contributed by atoms with E-state index in [0.29, 0.717) is 25.3 Å². The summed E-state index contributed by atoms with van der Waals surface area (Å²) in [5.74, 6) is -0.360. The minimum atomic E-state index is -0.766. The Bertz CT molecular complexity index is 416. The van der Waals surface area contributed by atoms with E-state index in [1.54, 1.807) is 12.3 Å². The van der Waals surface area contributed by atoms with Crippen LogP contribution in [0, 0.1) is 5.92 Å². The second-order valence-electron chi connectivity index (χ2n) is 4.69. The average Bonchev–Trinajstić information content (AvgIpc) is 2.96. The quantitative estimate of drug-likeness (QED) is 0.805. The fourth-order valence-corrected chi connectivity index (χ4v) is 2.28. The Morgan fingerprint density at radius 1 is 1.56 bits per heavy atom. The average molecular weight is 251 g/mol. The number of aliphatic carboxylic acids is 1. The summed E-state index contributed by atoms with van der Waals surface area (Å²) in [4.78, 5) is 24.3. The number of aromatic nitrogens is 2. The fraction of sp³-hybridized carbons (Fsp3) is 0.583. The molecule has 2 rings (SSSR count). The number of hydrogen-bond acceptors (Lipinski definition) is 3. The first-order chi connectivity index (χ1) is 8.65. The lowest BCUT2D eigenvalue weighted by atomic mass is 10.0. The van der Waals surface area contributed by atoms with Gasteiger partial charge in [-0.1, -0.05) is 0 Å². The third kappa shape index (κ3) is 3.32. The maximum absolute atomic E-state index is 12.0. The van der Waals surface area contributed by atoms with E-state index in [-0.39, 0.29) is 12.3 Å². The van der Waals surface area contributed by atoms with Crippen molar-refractivity contribution in [3.05, 3.63) is 18.0 Å². The zero-order chi connectivity index (χ0) is 13.0. The van der Waals surface area contributed by atoms with E-state index in [0.717, 1.165) is 18.7 Å². The number of nitrogens with zero attached hydrogens (tertiary/aromatic N) is 2. The van der Waals surface area contributed by atoms with Crippen LogP contribution in [0.4, 0.5) is 0 Å². The van der Waals surface area contributed by atoms with Gasteiger partial charge in [-0.15, -0.1) is 0 Å². The molecule has 1 aromatic heterocycles. The molecular weight excluding hydrogens is 234 g/mol. The maximum atomic E-state index is 12.0. The second-order valence-corrected chi connectivity index (χ2v) is 4.69. The Balaban J connectivity index is 1.77. The minimum absolute atomic E-state index is 0.0806. The molecule has 0 bridgehead atoms. The predicted molar refractivity (Wildman–Crippen MR) is 63.8 cm³/mol. The van der Waals surface area contributed by atoms with Gasteiger partial charge in [0.25, 0.3) is 0 Å². The van der Waals surface area contributed by atoms with Crippen molar-refractivity contribution < 1.29 is 14.7 Å². The van der Waals surface area contributed by atoms with Gasteiger partial charge in [-0.25, -0.2) is 0 Å². The highest BCUT2D eigenvalue weighted by molar-refractivity contribution is 5.78. The first-order valence-corrected chi connectivity index (χ1v) is 6.13. The first-order valence-electron chi connectivity index (χ1n) is 6.13. The fourth-order valence-electron chi connectivity index (χ4n) is 2.28. The predicted octanol–water partition coefficient (Wildman–Crippen LogP) is 0.665. The Morgan fingerprint density at radius 2 is 2.39 bits per heavy atom. The summed E-state index contributed by atoms with van der Waals surface area (Å²) in [5, 5.41) is 15.2. The van der Waals surface area contributed by atoms with Crippen molar-refractivity contribution in [1.29, 1.82) is 0 Å². The second kappa shape index (κ2) is 5.66. The van der Waals surface area contributed by atoms with Crippen LogP contribution >= 0.6 is 0 Å². The SMILES string of the molecule is O=C(O)CCC1CCN(C(=O)Cc2ccn[nH]2)C1. The van der Waals surface area contributed by atoms with Gasteiger partial charge >= 0.3 is 5.97 Å². The molecule has 1 aliphatic rings. The number of carboxylic acid groups (broad SMARTS) is 1. The van der Waals surface area contributed by atoms with Crippen LogP contribution in [0.25, 0.3) is 0 Å². The Morgan fingerprint density at radius 3 is 3.06 bits per heavy atom. The smallest absolute Gasteiger partial charge is 0.303 e. The molecule has 1 atom stereocenters. The largest absolute Gasteiger partial charge is 0.481 e. The van der Waals surface area contributed by atoms with Crippen LogP contribution in [0.15, 0.2) is 12.3 Å². The lowest BCUT2D eigenvalue weighted by molar-refractivity contribution is -0.137. The van der Waals surface area contributed by atoms with Gasteiger partial charge < -0.3 is 10.0 Å². The molecule has 98 valence electrons. The van der Waals surface area contributed by atoms with Crippen LogP contribution < -0.4 is 0 Å². The zero-order valence-corrected chi connectivity index (χ0v) is 10.1. The summed E-state index contributed by atoms with van der Waals surface area (Å²) in [5.41, 5.74) is 0.814. The standard InChI is InChI=1S/C12H17N3O3/c16-11(7-10-3-5-13-14-10)15-6-4-9(8-15)1-2-12(17)18/h3,5,9H,1-2,4,6-8H2,(H,13,14)(H,17,18).